The summed E-state index contributed by atoms with van der Waals surface area (Å²) in [5, 5.41) is 5.02. The number of carbonyl (C=O) groups excluding carboxylic acids is 1. The molecule has 0 bridgehead atoms. The van der Waals surface area contributed by atoms with Gasteiger partial charge in [-0.2, -0.15) is 9.61 Å². The molecule has 0 atom stereocenters. The summed E-state index contributed by atoms with van der Waals surface area (Å²) >= 11 is 1.36. The molecular weight excluding hydrogens is 326 g/mol. The van der Waals surface area contributed by atoms with Crippen LogP contribution in [0.3, 0.4) is 0 Å². The SMILES string of the molecule is CCc1ccc(C(=O)OCc2cc(=O)n3nc(CC)sc3n2)cc1. The first-order valence-electron chi connectivity index (χ1n) is 7.75. The summed E-state index contributed by atoms with van der Waals surface area (Å²) < 4.78 is 6.54. The lowest BCUT2D eigenvalue weighted by atomic mass is 10.1. The van der Waals surface area contributed by atoms with Gasteiger partial charge in [0.25, 0.3) is 5.56 Å². The Morgan fingerprint density at radius 1 is 1.21 bits per heavy atom. The Morgan fingerprint density at radius 2 is 1.96 bits per heavy atom. The third kappa shape index (κ3) is 3.35. The summed E-state index contributed by atoms with van der Waals surface area (Å²) in [5.74, 6) is -0.432. The number of benzene rings is 1. The van der Waals surface area contributed by atoms with Crippen molar-refractivity contribution in [3.05, 3.63) is 62.5 Å². The van der Waals surface area contributed by atoms with Crippen molar-refractivity contribution in [2.45, 2.75) is 33.3 Å². The van der Waals surface area contributed by atoms with E-state index in [1.165, 1.54) is 21.9 Å². The molecule has 3 aromatic rings. The van der Waals surface area contributed by atoms with Gasteiger partial charge < -0.3 is 4.74 Å². The third-order valence-corrected chi connectivity index (χ3v) is 4.64. The summed E-state index contributed by atoms with van der Waals surface area (Å²) in [6.45, 7) is 3.98. The van der Waals surface area contributed by atoms with Crippen LogP contribution >= 0.6 is 11.3 Å². The highest BCUT2D eigenvalue weighted by atomic mass is 32.1. The molecule has 1 aromatic carbocycles. The summed E-state index contributed by atoms with van der Waals surface area (Å²) in [6.07, 6.45) is 1.66. The zero-order valence-electron chi connectivity index (χ0n) is 13.5. The molecule has 2 aromatic heterocycles. The van der Waals surface area contributed by atoms with Gasteiger partial charge in [-0.15, -0.1) is 0 Å². The molecule has 0 spiro atoms. The first-order chi connectivity index (χ1) is 11.6. The van der Waals surface area contributed by atoms with E-state index in [0.717, 1.165) is 23.4 Å². The molecule has 0 aliphatic rings. The van der Waals surface area contributed by atoms with Crippen LogP contribution < -0.4 is 5.56 Å². The van der Waals surface area contributed by atoms with Crippen molar-refractivity contribution in [1.29, 1.82) is 0 Å². The second kappa shape index (κ2) is 6.92. The van der Waals surface area contributed by atoms with Crippen LogP contribution in [0.15, 0.2) is 35.1 Å². The number of hydrogen-bond donors (Lipinski definition) is 0. The number of rotatable bonds is 5. The molecule has 0 aliphatic heterocycles. The number of carbonyl (C=O) groups is 1. The zero-order valence-corrected chi connectivity index (χ0v) is 14.3. The number of aromatic nitrogens is 3. The Kier molecular flexibility index (Phi) is 4.71. The number of hydrogen-bond acceptors (Lipinski definition) is 6. The second-order valence-electron chi connectivity index (χ2n) is 5.26. The van der Waals surface area contributed by atoms with Crippen LogP contribution in [0.25, 0.3) is 4.96 Å². The third-order valence-electron chi connectivity index (χ3n) is 3.59. The molecular formula is C17H17N3O3S. The number of esters is 1. The quantitative estimate of drug-likeness (QED) is 0.666. The van der Waals surface area contributed by atoms with Gasteiger partial charge >= 0.3 is 5.97 Å². The molecule has 2 heterocycles. The summed E-state index contributed by atoms with van der Waals surface area (Å²) in [5.41, 5.74) is 1.79. The summed E-state index contributed by atoms with van der Waals surface area (Å²) in [6, 6.07) is 8.63. The van der Waals surface area contributed by atoms with Crippen molar-refractivity contribution in [1.82, 2.24) is 14.6 Å². The first kappa shape index (κ1) is 16.3. The molecule has 6 nitrogen and oxygen atoms in total. The fourth-order valence-corrected chi connectivity index (χ4v) is 3.07. The topological polar surface area (TPSA) is 73.6 Å². The van der Waals surface area contributed by atoms with E-state index in [9.17, 15) is 9.59 Å². The lowest BCUT2D eigenvalue weighted by molar-refractivity contribution is 0.0467. The van der Waals surface area contributed by atoms with Crippen LogP contribution in [-0.2, 0) is 24.2 Å². The van der Waals surface area contributed by atoms with Crippen LogP contribution in [0.1, 0.15) is 40.5 Å². The van der Waals surface area contributed by atoms with Crippen molar-refractivity contribution in [3.63, 3.8) is 0 Å². The van der Waals surface area contributed by atoms with E-state index < -0.39 is 5.97 Å². The Bertz CT molecular complexity index is 928. The van der Waals surface area contributed by atoms with Crippen molar-refractivity contribution >= 4 is 22.3 Å². The molecule has 0 amide bonds. The van der Waals surface area contributed by atoms with Crippen LogP contribution in [0.2, 0.25) is 0 Å². The highest BCUT2D eigenvalue weighted by molar-refractivity contribution is 7.16. The predicted octanol–water partition coefficient (Wildman–Crippen LogP) is 2.63. The minimum atomic E-state index is -0.432. The Hall–Kier alpha value is -2.54. The van der Waals surface area contributed by atoms with E-state index in [4.69, 9.17) is 4.74 Å². The summed E-state index contributed by atoms with van der Waals surface area (Å²) in [7, 11) is 0. The maximum absolute atomic E-state index is 12.1. The lowest BCUT2D eigenvalue weighted by Crippen LogP contribution is -2.16. The maximum Gasteiger partial charge on any atom is 0.338 e. The second-order valence-corrected chi connectivity index (χ2v) is 6.30. The van der Waals surface area contributed by atoms with Gasteiger partial charge in [0.05, 0.1) is 11.3 Å². The molecule has 0 saturated heterocycles. The van der Waals surface area contributed by atoms with Gasteiger partial charge in [-0.1, -0.05) is 37.3 Å². The normalized spacial score (nSPS) is 10.9. The number of fused-ring (bicyclic) bond motifs is 1. The number of nitrogens with zero attached hydrogens (tertiary/aromatic N) is 3. The summed E-state index contributed by atoms with van der Waals surface area (Å²) in [4.78, 5) is 29.0. The standard InChI is InChI=1S/C17H17N3O3S/c1-3-11-5-7-12(8-6-11)16(22)23-10-13-9-15(21)20-17(18-13)24-14(4-2)19-20/h5-9H,3-4,10H2,1-2H3. The number of ether oxygens (including phenoxy) is 1. The van der Waals surface area contributed by atoms with Crippen molar-refractivity contribution in [2.24, 2.45) is 0 Å². The van der Waals surface area contributed by atoms with E-state index in [-0.39, 0.29) is 12.2 Å². The van der Waals surface area contributed by atoms with E-state index in [1.54, 1.807) is 12.1 Å². The minimum absolute atomic E-state index is 0.0422. The smallest absolute Gasteiger partial charge is 0.338 e. The first-order valence-corrected chi connectivity index (χ1v) is 8.57. The molecule has 0 radical (unpaired) electrons. The largest absolute Gasteiger partial charge is 0.456 e. The van der Waals surface area contributed by atoms with E-state index in [0.29, 0.717) is 16.2 Å². The van der Waals surface area contributed by atoms with Gasteiger partial charge in [0.15, 0.2) is 0 Å². The average Bonchev–Trinajstić information content (AvgIpc) is 3.03. The molecule has 0 fully saturated rings. The highest BCUT2D eigenvalue weighted by Gasteiger charge is 2.11. The monoisotopic (exact) mass is 343 g/mol. The van der Waals surface area contributed by atoms with Gasteiger partial charge in [-0.25, -0.2) is 9.78 Å². The van der Waals surface area contributed by atoms with Crippen molar-refractivity contribution < 1.29 is 9.53 Å². The maximum atomic E-state index is 12.1. The van der Waals surface area contributed by atoms with Crippen LogP contribution in [0, 0.1) is 0 Å². The fourth-order valence-electron chi connectivity index (χ4n) is 2.21. The molecule has 3 rings (SSSR count). The van der Waals surface area contributed by atoms with Gasteiger partial charge in [-0.3, -0.25) is 4.79 Å². The van der Waals surface area contributed by atoms with Crippen molar-refractivity contribution in [3.8, 4) is 0 Å². The van der Waals surface area contributed by atoms with Crippen LogP contribution in [-0.4, -0.2) is 20.6 Å². The van der Waals surface area contributed by atoms with Gasteiger partial charge in [0.1, 0.15) is 11.6 Å². The van der Waals surface area contributed by atoms with Crippen molar-refractivity contribution in [2.75, 3.05) is 0 Å². The highest BCUT2D eigenvalue weighted by Crippen LogP contribution is 2.13. The Morgan fingerprint density at radius 3 is 2.62 bits per heavy atom. The zero-order chi connectivity index (χ0) is 17.1. The van der Waals surface area contributed by atoms with Gasteiger partial charge in [-0.05, 0) is 30.5 Å². The van der Waals surface area contributed by atoms with Crippen LogP contribution in [0.5, 0.6) is 0 Å². The van der Waals surface area contributed by atoms with Crippen LogP contribution in [0.4, 0.5) is 0 Å². The average molecular weight is 343 g/mol. The van der Waals surface area contributed by atoms with Gasteiger partial charge in [0, 0.05) is 6.07 Å². The molecule has 24 heavy (non-hydrogen) atoms. The van der Waals surface area contributed by atoms with E-state index in [1.807, 2.05) is 19.1 Å². The Balaban J connectivity index is 1.74. The van der Waals surface area contributed by atoms with E-state index >= 15 is 0 Å². The van der Waals surface area contributed by atoms with Gasteiger partial charge in [0.2, 0.25) is 4.96 Å². The molecule has 0 saturated carbocycles. The minimum Gasteiger partial charge on any atom is -0.456 e. The Labute approximate surface area is 142 Å². The molecule has 124 valence electrons. The molecule has 7 heteroatoms. The molecule has 0 unspecified atom stereocenters. The van der Waals surface area contributed by atoms with E-state index in [2.05, 4.69) is 17.0 Å². The predicted molar refractivity (Wildman–Crippen MR) is 91.5 cm³/mol. The fraction of sp³-hybridized carbons (Fsp3) is 0.294. The lowest BCUT2D eigenvalue weighted by Gasteiger charge is -2.05. The molecule has 0 N–H and O–H groups in total. The molecule has 0 aliphatic carbocycles. The number of aryl methyl sites for hydroxylation is 2.